The average Bonchev–Trinajstić information content (AvgIpc) is 2.68. The van der Waals surface area contributed by atoms with Gasteiger partial charge in [-0.15, -0.1) is 0 Å². The lowest BCUT2D eigenvalue weighted by Crippen LogP contribution is -2.39. The number of nitrogens with two attached hydrogens (primary N) is 1. The Balaban J connectivity index is 2.06. The summed E-state index contributed by atoms with van der Waals surface area (Å²) in [6, 6.07) is 4.03. The highest BCUT2D eigenvalue weighted by Crippen LogP contribution is 2.15. The van der Waals surface area contributed by atoms with E-state index >= 15 is 0 Å². The Labute approximate surface area is 98.9 Å². The van der Waals surface area contributed by atoms with Gasteiger partial charge in [0.15, 0.2) is 0 Å². The van der Waals surface area contributed by atoms with Crippen LogP contribution in [-0.4, -0.2) is 24.7 Å². The molecule has 3 N–H and O–H groups in total. The Morgan fingerprint density at radius 3 is 2.94 bits per heavy atom. The first-order chi connectivity index (χ1) is 8.08. The number of carbonyl (C=O) groups is 1. The summed E-state index contributed by atoms with van der Waals surface area (Å²) in [5, 5.41) is 2.82. The molecule has 17 heavy (non-hydrogen) atoms. The summed E-state index contributed by atoms with van der Waals surface area (Å²) in [6.07, 6.45) is 0.780. The minimum absolute atomic E-state index is 0.00224. The maximum absolute atomic E-state index is 13.2. The van der Waals surface area contributed by atoms with Crippen molar-refractivity contribution < 1.29 is 13.9 Å². The van der Waals surface area contributed by atoms with Gasteiger partial charge in [-0.05, 0) is 31.5 Å². The molecule has 1 saturated heterocycles. The molecule has 2 atom stereocenters. The molecule has 1 fully saturated rings. The third kappa shape index (κ3) is 2.55. The fourth-order valence-electron chi connectivity index (χ4n) is 1.84. The van der Waals surface area contributed by atoms with Crippen LogP contribution in [0.4, 0.5) is 10.1 Å². The fraction of sp³-hybridized carbons (Fsp3) is 0.417. The zero-order chi connectivity index (χ0) is 12.4. The van der Waals surface area contributed by atoms with Gasteiger partial charge in [-0.1, -0.05) is 0 Å². The van der Waals surface area contributed by atoms with Crippen molar-refractivity contribution in [1.82, 2.24) is 5.32 Å². The van der Waals surface area contributed by atoms with Gasteiger partial charge in [0.25, 0.3) is 5.91 Å². The smallest absolute Gasteiger partial charge is 0.251 e. The van der Waals surface area contributed by atoms with Crippen LogP contribution in [0.3, 0.4) is 0 Å². The van der Waals surface area contributed by atoms with Crippen LogP contribution in [-0.2, 0) is 4.74 Å². The van der Waals surface area contributed by atoms with E-state index in [1.54, 1.807) is 0 Å². The molecule has 0 aromatic heterocycles. The first-order valence-electron chi connectivity index (χ1n) is 5.55. The van der Waals surface area contributed by atoms with E-state index in [1.807, 2.05) is 6.92 Å². The van der Waals surface area contributed by atoms with E-state index < -0.39 is 5.82 Å². The molecule has 0 saturated carbocycles. The van der Waals surface area contributed by atoms with Gasteiger partial charge < -0.3 is 15.8 Å². The van der Waals surface area contributed by atoms with Crippen molar-refractivity contribution in [2.24, 2.45) is 0 Å². The molecule has 0 bridgehead atoms. The Bertz CT molecular complexity index is 437. The van der Waals surface area contributed by atoms with Crippen molar-refractivity contribution in [3.8, 4) is 0 Å². The van der Waals surface area contributed by atoms with Crippen molar-refractivity contribution in [2.75, 3.05) is 12.3 Å². The number of ether oxygens (including phenoxy) is 1. The lowest BCUT2D eigenvalue weighted by Gasteiger charge is -2.16. The number of hydrogen-bond acceptors (Lipinski definition) is 3. The lowest BCUT2D eigenvalue weighted by molar-refractivity contribution is 0.0866. The number of nitrogens with one attached hydrogen (secondary N) is 1. The SMILES string of the molecule is CC1OCCC1NC(=O)c1ccc(N)c(F)c1. The molecule has 0 spiro atoms. The number of halogens is 1. The van der Waals surface area contributed by atoms with E-state index in [9.17, 15) is 9.18 Å². The maximum atomic E-state index is 13.2. The van der Waals surface area contributed by atoms with Gasteiger partial charge in [-0.2, -0.15) is 0 Å². The first kappa shape index (κ1) is 11.9. The molecule has 92 valence electrons. The standard InChI is InChI=1S/C12H15FN2O2/c1-7-11(4-5-17-7)15-12(16)8-2-3-10(14)9(13)6-8/h2-3,6-7,11H,4-5,14H2,1H3,(H,15,16). The molecular formula is C12H15FN2O2. The number of rotatable bonds is 2. The Morgan fingerprint density at radius 2 is 2.35 bits per heavy atom. The Kier molecular flexibility index (Phi) is 3.28. The number of carbonyl (C=O) groups excluding carboxylic acids is 1. The predicted molar refractivity (Wildman–Crippen MR) is 62.1 cm³/mol. The Hall–Kier alpha value is -1.62. The third-order valence-corrected chi connectivity index (χ3v) is 2.96. The van der Waals surface area contributed by atoms with Crippen molar-refractivity contribution in [3.05, 3.63) is 29.6 Å². The molecule has 1 aromatic carbocycles. The maximum Gasteiger partial charge on any atom is 0.251 e. The molecule has 2 rings (SSSR count). The second-order valence-electron chi connectivity index (χ2n) is 4.18. The summed E-state index contributed by atoms with van der Waals surface area (Å²) in [4.78, 5) is 11.8. The lowest BCUT2D eigenvalue weighted by atomic mass is 10.1. The van der Waals surface area contributed by atoms with Crippen LogP contribution in [0, 0.1) is 5.82 Å². The number of benzene rings is 1. The van der Waals surface area contributed by atoms with Gasteiger partial charge in [-0.3, -0.25) is 4.79 Å². The summed E-state index contributed by atoms with van der Waals surface area (Å²) in [6.45, 7) is 2.55. The Morgan fingerprint density at radius 1 is 1.59 bits per heavy atom. The molecule has 5 heteroatoms. The van der Waals surface area contributed by atoms with Gasteiger partial charge in [0.1, 0.15) is 5.82 Å². The molecule has 1 aliphatic rings. The van der Waals surface area contributed by atoms with Gasteiger partial charge in [0.2, 0.25) is 0 Å². The van der Waals surface area contributed by atoms with Gasteiger partial charge in [-0.25, -0.2) is 4.39 Å². The highest BCUT2D eigenvalue weighted by molar-refractivity contribution is 5.94. The van der Waals surface area contributed by atoms with Crippen LogP contribution in [0.25, 0.3) is 0 Å². The second kappa shape index (κ2) is 4.71. The fourth-order valence-corrected chi connectivity index (χ4v) is 1.84. The number of anilines is 1. The number of hydrogen-bond donors (Lipinski definition) is 2. The molecule has 1 heterocycles. The van der Waals surface area contributed by atoms with E-state index in [-0.39, 0.29) is 29.3 Å². The van der Waals surface area contributed by atoms with Crippen LogP contribution >= 0.6 is 0 Å². The minimum atomic E-state index is -0.576. The van der Waals surface area contributed by atoms with Crippen LogP contribution in [0.2, 0.25) is 0 Å². The van der Waals surface area contributed by atoms with E-state index in [0.29, 0.717) is 6.61 Å². The predicted octanol–water partition coefficient (Wildman–Crippen LogP) is 1.32. The third-order valence-electron chi connectivity index (χ3n) is 2.96. The summed E-state index contributed by atoms with van der Waals surface area (Å²) in [7, 11) is 0. The molecule has 0 aliphatic carbocycles. The largest absolute Gasteiger partial charge is 0.396 e. The average molecular weight is 238 g/mol. The van der Waals surface area contributed by atoms with Crippen LogP contribution < -0.4 is 11.1 Å². The molecule has 0 radical (unpaired) electrons. The van der Waals surface area contributed by atoms with E-state index in [0.717, 1.165) is 12.5 Å². The molecule has 2 unspecified atom stereocenters. The van der Waals surface area contributed by atoms with Gasteiger partial charge >= 0.3 is 0 Å². The first-order valence-corrected chi connectivity index (χ1v) is 5.55. The topological polar surface area (TPSA) is 64.3 Å². The van der Waals surface area contributed by atoms with Crippen LogP contribution in [0.15, 0.2) is 18.2 Å². The van der Waals surface area contributed by atoms with Gasteiger partial charge in [0.05, 0.1) is 17.8 Å². The normalized spacial score (nSPS) is 23.6. The second-order valence-corrected chi connectivity index (χ2v) is 4.18. The number of nitrogen functional groups attached to an aromatic ring is 1. The van der Waals surface area contributed by atoms with Crippen molar-refractivity contribution in [2.45, 2.75) is 25.5 Å². The highest BCUT2D eigenvalue weighted by Gasteiger charge is 2.26. The van der Waals surface area contributed by atoms with E-state index in [2.05, 4.69) is 5.32 Å². The highest BCUT2D eigenvalue weighted by atomic mass is 19.1. The number of amides is 1. The van der Waals surface area contributed by atoms with E-state index in [1.165, 1.54) is 12.1 Å². The molecule has 1 aromatic rings. The summed E-state index contributed by atoms with van der Waals surface area (Å²) in [5.41, 5.74) is 5.66. The molecular weight excluding hydrogens is 223 g/mol. The molecule has 1 amide bonds. The quantitative estimate of drug-likeness (QED) is 0.764. The monoisotopic (exact) mass is 238 g/mol. The molecule has 1 aliphatic heterocycles. The van der Waals surface area contributed by atoms with E-state index in [4.69, 9.17) is 10.5 Å². The zero-order valence-corrected chi connectivity index (χ0v) is 9.57. The summed E-state index contributed by atoms with van der Waals surface area (Å²) >= 11 is 0. The minimum Gasteiger partial charge on any atom is -0.396 e. The van der Waals surface area contributed by atoms with Gasteiger partial charge in [0, 0.05) is 12.2 Å². The van der Waals surface area contributed by atoms with Crippen molar-refractivity contribution in [1.29, 1.82) is 0 Å². The van der Waals surface area contributed by atoms with Crippen LogP contribution in [0.1, 0.15) is 23.7 Å². The summed E-state index contributed by atoms with van der Waals surface area (Å²) in [5.74, 6) is -0.875. The summed E-state index contributed by atoms with van der Waals surface area (Å²) < 4.78 is 18.5. The molecule has 4 nitrogen and oxygen atoms in total. The van der Waals surface area contributed by atoms with Crippen molar-refractivity contribution in [3.63, 3.8) is 0 Å². The van der Waals surface area contributed by atoms with Crippen LogP contribution in [0.5, 0.6) is 0 Å². The zero-order valence-electron chi connectivity index (χ0n) is 9.57. The van der Waals surface area contributed by atoms with Crippen molar-refractivity contribution >= 4 is 11.6 Å².